The Balaban J connectivity index is 1.17. The molecule has 1 aliphatic heterocycles. The first-order valence-electron chi connectivity index (χ1n) is 10.8. The van der Waals surface area contributed by atoms with Gasteiger partial charge < -0.3 is 10.2 Å². The quantitative estimate of drug-likeness (QED) is 0.884. The second kappa shape index (κ2) is 6.64. The molecule has 1 atom stereocenters. The largest absolute Gasteiger partial charge is 0.342 e. The first-order valence-corrected chi connectivity index (χ1v) is 10.8. The SMILES string of the molecule is O=C(Nc1ccnn1C1CCN(C(=O)[C@H]2CC23CCCCC3)CC1)C1CC1. The first-order chi connectivity index (χ1) is 13.2. The lowest BCUT2D eigenvalue weighted by molar-refractivity contribution is -0.135. The molecule has 1 saturated heterocycles. The molecule has 1 N–H and O–H groups in total. The van der Waals surface area contributed by atoms with E-state index < -0.39 is 0 Å². The topological polar surface area (TPSA) is 67.2 Å². The molecule has 0 unspecified atom stereocenters. The number of hydrogen-bond acceptors (Lipinski definition) is 3. The van der Waals surface area contributed by atoms with Crippen molar-refractivity contribution in [1.29, 1.82) is 0 Å². The van der Waals surface area contributed by atoms with Crippen LogP contribution in [-0.2, 0) is 9.59 Å². The maximum absolute atomic E-state index is 13.0. The predicted octanol–water partition coefficient (Wildman–Crippen LogP) is 3.37. The highest BCUT2D eigenvalue weighted by Crippen LogP contribution is 2.62. The van der Waals surface area contributed by atoms with Crippen LogP contribution in [0.2, 0.25) is 0 Å². The Bertz CT molecular complexity index is 724. The zero-order valence-electron chi connectivity index (χ0n) is 16.0. The van der Waals surface area contributed by atoms with Crippen LogP contribution in [0.25, 0.3) is 0 Å². The molecule has 6 nitrogen and oxygen atoms in total. The summed E-state index contributed by atoms with van der Waals surface area (Å²) in [5, 5.41) is 7.49. The highest BCUT2D eigenvalue weighted by Gasteiger charge is 2.58. The molecule has 2 amide bonds. The molecule has 0 radical (unpaired) electrons. The van der Waals surface area contributed by atoms with E-state index in [1.165, 1.54) is 32.1 Å². The fraction of sp³-hybridized carbons (Fsp3) is 0.762. The van der Waals surface area contributed by atoms with Crippen LogP contribution in [0.15, 0.2) is 12.3 Å². The van der Waals surface area contributed by atoms with Gasteiger partial charge in [-0.2, -0.15) is 5.10 Å². The van der Waals surface area contributed by atoms with Crippen molar-refractivity contribution < 1.29 is 9.59 Å². The molecule has 4 aliphatic rings. The van der Waals surface area contributed by atoms with Crippen LogP contribution in [0.4, 0.5) is 5.82 Å². The Morgan fingerprint density at radius 1 is 1.07 bits per heavy atom. The van der Waals surface area contributed by atoms with Gasteiger partial charge in [0.2, 0.25) is 11.8 Å². The smallest absolute Gasteiger partial charge is 0.228 e. The van der Waals surface area contributed by atoms with Crippen LogP contribution in [0.3, 0.4) is 0 Å². The maximum atomic E-state index is 13.0. The van der Waals surface area contributed by atoms with E-state index in [2.05, 4.69) is 15.3 Å². The van der Waals surface area contributed by atoms with Gasteiger partial charge in [-0.3, -0.25) is 9.59 Å². The number of hydrogen-bond donors (Lipinski definition) is 1. The van der Waals surface area contributed by atoms with Gasteiger partial charge in [-0.25, -0.2) is 4.68 Å². The number of anilines is 1. The van der Waals surface area contributed by atoms with Gasteiger partial charge >= 0.3 is 0 Å². The minimum absolute atomic E-state index is 0.121. The van der Waals surface area contributed by atoms with Crippen molar-refractivity contribution in [1.82, 2.24) is 14.7 Å². The monoisotopic (exact) mass is 370 g/mol. The second-order valence-corrected chi connectivity index (χ2v) is 9.16. The van der Waals surface area contributed by atoms with Crippen molar-refractivity contribution in [3.05, 3.63) is 12.3 Å². The van der Waals surface area contributed by atoms with Gasteiger partial charge in [0.1, 0.15) is 5.82 Å². The van der Waals surface area contributed by atoms with Crippen LogP contribution in [0.1, 0.15) is 70.3 Å². The highest BCUT2D eigenvalue weighted by atomic mass is 16.2. The van der Waals surface area contributed by atoms with Crippen molar-refractivity contribution >= 4 is 17.6 Å². The Morgan fingerprint density at radius 2 is 1.81 bits per heavy atom. The van der Waals surface area contributed by atoms with Crippen molar-refractivity contribution in [3.63, 3.8) is 0 Å². The van der Waals surface area contributed by atoms with Gasteiger partial charge in [0, 0.05) is 31.0 Å². The standard InChI is InChI=1S/C21H30N4O2/c26-19(15-4-5-15)23-18-6-11-22-25(18)16-7-12-24(13-8-16)20(27)17-14-21(17)9-2-1-3-10-21/h6,11,15-17H,1-5,7-10,12-14H2,(H,23,26)/t17-/m1/s1. The molecular formula is C21H30N4O2. The van der Waals surface area contributed by atoms with E-state index in [0.717, 1.165) is 51.0 Å². The summed E-state index contributed by atoms with van der Waals surface area (Å²) in [5.74, 6) is 1.82. The lowest BCUT2D eigenvalue weighted by atomic mass is 9.84. The van der Waals surface area contributed by atoms with Crippen molar-refractivity contribution in [2.45, 2.75) is 70.3 Å². The van der Waals surface area contributed by atoms with Gasteiger partial charge in [-0.15, -0.1) is 0 Å². The number of nitrogens with zero attached hydrogens (tertiary/aromatic N) is 3. The van der Waals surface area contributed by atoms with E-state index in [-0.39, 0.29) is 17.9 Å². The van der Waals surface area contributed by atoms with Gasteiger partial charge in [0.15, 0.2) is 0 Å². The summed E-state index contributed by atoms with van der Waals surface area (Å²) < 4.78 is 1.96. The number of aromatic nitrogens is 2. The fourth-order valence-corrected chi connectivity index (χ4v) is 5.33. The fourth-order valence-electron chi connectivity index (χ4n) is 5.33. The Labute approximate surface area is 160 Å². The van der Waals surface area contributed by atoms with Crippen LogP contribution in [0.5, 0.6) is 0 Å². The molecule has 6 heteroatoms. The zero-order chi connectivity index (χ0) is 18.4. The molecule has 1 aromatic rings. The van der Waals surface area contributed by atoms with Crippen LogP contribution < -0.4 is 5.32 Å². The van der Waals surface area contributed by atoms with Crippen molar-refractivity contribution in [2.24, 2.45) is 17.3 Å². The molecule has 4 fully saturated rings. The molecule has 1 aromatic heterocycles. The lowest BCUT2D eigenvalue weighted by Crippen LogP contribution is -2.41. The molecule has 1 spiro atoms. The first kappa shape index (κ1) is 17.3. The Hall–Kier alpha value is -1.85. The van der Waals surface area contributed by atoms with Crippen LogP contribution >= 0.6 is 0 Å². The molecule has 5 rings (SSSR count). The zero-order valence-corrected chi connectivity index (χ0v) is 16.0. The summed E-state index contributed by atoms with van der Waals surface area (Å²) in [7, 11) is 0. The summed E-state index contributed by atoms with van der Waals surface area (Å²) in [6.45, 7) is 1.62. The van der Waals surface area contributed by atoms with E-state index in [1.807, 2.05) is 10.7 Å². The Morgan fingerprint density at radius 3 is 2.52 bits per heavy atom. The molecule has 27 heavy (non-hydrogen) atoms. The van der Waals surface area contributed by atoms with Gasteiger partial charge in [-0.05, 0) is 50.4 Å². The van der Waals surface area contributed by atoms with Crippen LogP contribution in [-0.4, -0.2) is 39.6 Å². The van der Waals surface area contributed by atoms with E-state index in [0.29, 0.717) is 17.2 Å². The van der Waals surface area contributed by atoms with E-state index >= 15 is 0 Å². The van der Waals surface area contributed by atoms with Gasteiger partial charge in [0.25, 0.3) is 0 Å². The predicted molar refractivity (Wildman–Crippen MR) is 102 cm³/mol. The number of carbonyl (C=O) groups excluding carboxylic acids is 2. The number of carbonyl (C=O) groups is 2. The molecule has 0 bridgehead atoms. The minimum Gasteiger partial charge on any atom is -0.342 e. The third kappa shape index (κ3) is 3.27. The van der Waals surface area contributed by atoms with Crippen LogP contribution in [0, 0.1) is 17.3 Å². The third-order valence-electron chi connectivity index (χ3n) is 7.33. The molecule has 146 valence electrons. The summed E-state index contributed by atoms with van der Waals surface area (Å²) >= 11 is 0. The Kier molecular flexibility index (Phi) is 4.25. The van der Waals surface area contributed by atoms with Gasteiger partial charge in [0.05, 0.1) is 12.2 Å². The van der Waals surface area contributed by atoms with E-state index in [4.69, 9.17) is 0 Å². The van der Waals surface area contributed by atoms with E-state index in [1.54, 1.807) is 6.20 Å². The van der Waals surface area contributed by atoms with Gasteiger partial charge in [-0.1, -0.05) is 19.3 Å². The summed E-state index contributed by atoms with van der Waals surface area (Å²) in [6.07, 6.45) is 13.2. The lowest BCUT2D eigenvalue weighted by Gasteiger charge is -2.34. The number of likely N-dealkylation sites (tertiary alicyclic amines) is 1. The summed E-state index contributed by atoms with van der Waals surface area (Å²) in [5.41, 5.74) is 0.369. The molecular weight excluding hydrogens is 340 g/mol. The maximum Gasteiger partial charge on any atom is 0.228 e. The molecule has 2 heterocycles. The van der Waals surface area contributed by atoms with E-state index in [9.17, 15) is 9.59 Å². The second-order valence-electron chi connectivity index (χ2n) is 9.16. The number of amides is 2. The van der Waals surface area contributed by atoms with Crippen molar-refractivity contribution in [2.75, 3.05) is 18.4 Å². The molecule has 3 aliphatic carbocycles. The summed E-state index contributed by atoms with van der Waals surface area (Å²) in [4.78, 5) is 27.1. The normalized spacial score (nSPS) is 27.6. The minimum atomic E-state index is 0.121. The number of rotatable bonds is 4. The van der Waals surface area contributed by atoms with Crippen molar-refractivity contribution in [3.8, 4) is 0 Å². The highest BCUT2D eigenvalue weighted by molar-refractivity contribution is 5.93. The molecule has 0 aromatic carbocycles. The number of piperidine rings is 1. The average Bonchev–Trinajstić information content (AvgIpc) is 3.61. The number of nitrogens with one attached hydrogen (secondary N) is 1. The average molecular weight is 370 g/mol. The third-order valence-corrected chi connectivity index (χ3v) is 7.33. The molecule has 3 saturated carbocycles. The summed E-state index contributed by atoms with van der Waals surface area (Å²) in [6, 6.07) is 2.15.